The Kier molecular flexibility index (Phi) is 6.91. The molecular weight excluding hydrogens is 370 g/mol. The zero-order valence-electron chi connectivity index (χ0n) is 17.3. The van der Waals surface area contributed by atoms with Gasteiger partial charge in [-0.25, -0.2) is 0 Å². The zero-order chi connectivity index (χ0) is 20.6. The molecule has 1 aliphatic rings. The highest BCUT2D eigenvalue weighted by Gasteiger charge is 2.21. The third-order valence-electron chi connectivity index (χ3n) is 5.65. The van der Waals surface area contributed by atoms with Gasteiger partial charge in [-0.2, -0.15) is 0 Å². The second-order valence-electron chi connectivity index (χ2n) is 7.86. The molecule has 1 fully saturated rings. The Bertz CT molecular complexity index is 867. The van der Waals surface area contributed by atoms with E-state index in [1.807, 2.05) is 36.4 Å². The molecule has 0 aliphatic carbocycles. The lowest BCUT2D eigenvalue weighted by Gasteiger charge is -2.34. The van der Waals surface area contributed by atoms with E-state index >= 15 is 0 Å². The summed E-state index contributed by atoms with van der Waals surface area (Å²) < 4.78 is 0. The van der Waals surface area contributed by atoms with Crippen LogP contribution in [-0.4, -0.2) is 48.4 Å². The maximum absolute atomic E-state index is 12.9. The minimum Gasteiger partial charge on any atom is -0.344 e. The first-order valence-electron chi connectivity index (χ1n) is 10.7. The number of nitrogens with one attached hydrogen (secondary N) is 1. The average Bonchev–Trinajstić information content (AvgIpc) is 2.81. The zero-order valence-corrected chi connectivity index (χ0v) is 17.3. The third kappa shape index (κ3) is 5.56. The van der Waals surface area contributed by atoms with Crippen molar-refractivity contribution in [2.75, 3.05) is 32.7 Å². The predicted octanol–water partition coefficient (Wildman–Crippen LogP) is 3.71. The monoisotopic (exact) mass is 399 g/mol. The van der Waals surface area contributed by atoms with Gasteiger partial charge in [0.1, 0.15) is 0 Å². The molecule has 154 valence electrons. The quantitative estimate of drug-likeness (QED) is 0.658. The maximum atomic E-state index is 12.9. The van der Waals surface area contributed by atoms with E-state index in [9.17, 15) is 4.79 Å². The molecule has 0 saturated carbocycles. The first-order valence-corrected chi connectivity index (χ1v) is 10.7. The molecule has 30 heavy (non-hydrogen) atoms. The standard InChI is InChI=1S/C26H29N3O/c30-25(21-29-18-16-28(17-19-29)20-22-10-4-1-5-11-22)27-26(23-12-6-2-7-13-23)24-14-8-3-9-15-24/h1-15,26H,16-21H2,(H,27,30). The second-order valence-corrected chi connectivity index (χ2v) is 7.86. The van der Waals surface area contributed by atoms with Crippen molar-refractivity contribution in [3.05, 3.63) is 108 Å². The maximum Gasteiger partial charge on any atom is 0.234 e. The van der Waals surface area contributed by atoms with Crippen LogP contribution >= 0.6 is 0 Å². The van der Waals surface area contributed by atoms with Gasteiger partial charge in [0.15, 0.2) is 0 Å². The van der Waals surface area contributed by atoms with E-state index in [1.54, 1.807) is 0 Å². The number of hydrogen-bond acceptors (Lipinski definition) is 3. The summed E-state index contributed by atoms with van der Waals surface area (Å²) in [4.78, 5) is 17.6. The lowest BCUT2D eigenvalue weighted by atomic mass is 9.99. The molecule has 4 heteroatoms. The number of carbonyl (C=O) groups is 1. The molecule has 1 amide bonds. The molecule has 4 rings (SSSR count). The van der Waals surface area contributed by atoms with Gasteiger partial charge in [0.25, 0.3) is 0 Å². The second kappa shape index (κ2) is 10.2. The molecule has 0 unspecified atom stereocenters. The van der Waals surface area contributed by atoms with Gasteiger partial charge in [-0.1, -0.05) is 91.0 Å². The van der Waals surface area contributed by atoms with Crippen molar-refractivity contribution in [1.82, 2.24) is 15.1 Å². The summed E-state index contributed by atoms with van der Waals surface area (Å²) >= 11 is 0. The van der Waals surface area contributed by atoms with Crippen LogP contribution in [0.3, 0.4) is 0 Å². The van der Waals surface area contributed by atoms with Crippen LogP contribution in [0.1, 0.15) is 22.7 Å². The Morgan fingerprint density at radius 1 is 0.700 bits per heavy atom. The number of hydrogen-bond donors (Lipinski definition) is 1. The Labute approximate surface area is 179 Å². The molecule has 4 nitrogen and oxygen atoms in total. The van der Waals surface area contributed by atoms with E-state index in [0.29, 0.717) is 6.54 Å². The fraction of sp³-hybridized carbons (Fsp3) is 0.269. The van der Waals surface area contributed by atoms with Crippen LogP contribution in [0.15, 0.2) is 91.0 Å². The number of piperazine rings is 1. The Balaban J connectivity index is 1.32. The summed E-state index contributed by atoms with van der Waals surface area (Å²) in [6.45, 7) is 5.23. The third-order valence-corrected chi connectivity index (χ3v) is 5.65. The highest BCUT2D eigenvalue weighted by Crippen LogP contribution is 2.21. The number of benzene rings is 3. The normalized spacial score (nSPS) is 15.2. The summed E-state index contributed by atoms with van der Waals surface area (Å²) in [5.41, 5.74) is 3.55. The molecular formula is C26H29N3O. The van der Waals surface area contributed by atoms with Gasteiger partial charge >= 0.3 is 0 Å². The Morgan fingerprint density at radius 2 is 1.17 bits per heavy atom. The van der Waals surface area contributed by atoms with E-state index in [4.69, 9.17) is 0 Å². The minimum absolute atomic E-state index is 0.0733. The summed E-state index contributed by atoms with van der Waals surface area (Å²) in [5, 5.41) is 3.25. The number of amides is 1. The largest absolute Gasteiger partial charge is 0.344 e. The topological polar surface area (TPSA) is 35.6 Å². The van der Waals surface area contributed by atoms with Crippen LogP contribution in [0.4, 0.5) is 0 Å². The first-order chi connectivity index (χ1) is 14.8. The van der Waals surface area contributed by atoms with Gasteiger partial charge in [-0.15, -0.1) is 0 Å². The molecule has 1 saturated heterocycles. The minimum atomic E-state index is -0.126. The van der Waals surface area contributed by atoms with E-state index in [1.165, 1.54) is 5.56 Å². The highest BCUT2D eigenvalue weighted by atomic mass is 16.2. The molecule has 0 bridgehead atoms. The van der Waals surface area contributed by atoms with Crippen LogP contribution in [0.5, 0.6) is 0 Å². The van der Waals surface area contributed by atoms with Gasteiger partial charge in [0.05, 0.1) is 12.6 Å². The molecule has 1 heterocycles. The van der Waals surface area contributed by atoms with Crippen molar-refractivity contribution in [2.45, 2.75) is 12.6 Å². The molecule has 3 aromatic carbocycles. The smallest absolute Gasteiger partial charge is 0.234 e. The van der Waals surface area contributed by atoms with Crippen LogP contribution in [0.2, 0.25) is 0 Å². The lowest BCUT2D eigenvalue weighted by Crippen LogP contribution is -2.49. The van der Waals surface area contributed by atoms with Crippen molar-refractivity contribution in [1.29, 1.82) is 0 Å². The van der Waals surface area contributed by atoms with Gasteiger partial charge in [0, 0.05) is 32.7 Å². The molecule has 0 aromatic heterocycles. The fourth-order valence-corrected chi connectivity index (χ4v) is 4.01. The summed E-state index contributed by atoms with van der Waals surface area (Å²) in [5.74, 6) is 0.0733. The van der Waals surface area contributed by atoms with Gasteiger partial charge in [-0.05, 0) is 16.7 Å². The molecule has 0 atom stereocenters. The fourth-order valence-electron chi connectivity index (χ4n) is 4.01. The van der Waals surface area contributed by atoms with Gasteiger partial charge in [-0.3, -0.25) is 14.6 Å². The SMILES string of the molecule is O=C(CN1CCN(Cc2ccccc2)CC1)NC(c1ccccc1)c1ccccc1. The van der Waals surface area contributed by atoms with Crippen molar-refractivity contribution in [2.24, 2.45) is 0 Å². The summed E-state index contributed by atoms with van der Waals surface area (Å²) in [6, 6.07) is 30.8. The predicted molar refractivity (Wildman–Crippen MR) is 121 cm³/mol. The molecule has 1 aliphatic heterocycles. The molecule has 1 N–H and O–H groups in total. The van der Waals surface area contributed by atoms with Crippen LogP contribution in [0.25, 0.3) is 0 Å². The molecule has 0 radical (unpaired) electrons. The number of rotatable bonds is 7. The van der Waals surface area contributed by atoms with E-state index < -0.39 is 0 Å². The number of nitrogens with zero attached hydrogens (tertiary/aromatic N) is 2. The van der Waals surface area contributed by atoms with Crippen LogP contribution in [0, 0.1) is 0 Å². The van der Waals surface area contributed by atoms with E-state index in [2.05, 4.69) is 69.7 Å². The van der Waals surface area contributed by atoms with Gasteiger partial charge in [0.2, 0.25) is 5.91 Å². The van der Waals surface area contributed by atoms with Crippen LogP contribution in [-0.2, 0) is 11.3 Å². The van der Waals surface area contributed by atoms with E-state index in [0.717, 1.165) is 43.9 Å². The van der Waals surface area contributed by atoms with E-state index in [-0.39, 0.29) is 11.9 Å². The summed E-state index contributed by atoms with van der Waals surface area (Å²) in [6.07, 6.45) is 0. The lowest BCUT2D eigenvalue weighted by molar-refractivity contribution is -0.123. The molecule has 3 aromatic rings. The van der Waals surface area contributed by atoms with Crippen molar-refractivity contribution in [3.63, 3.8) is 0 Å². The van der Waals surface area contributed by atoms with Crippen LogP contribution < -0.4 is 5.32 Å². The van der Waals surface area contributed by atoms with Crippen molar-refractivity contribution in [3.8, 4) is 0 Å². The number of carbonyl (C=O) groups excluding carboxylic acids is 1. The Morgan fingerprint density at radius 3 is 1.70 bits per heavy atom. The first kappa shape index (κ1) is 20.3. The van der Waals surface area contributed by atoms with Crippen molar-refractivity contribution >= 4 is 5.91 Å². The average molecular weight is 400 g/mol. The highest BCUT2D eigenvalue weighted by molar-refractivity contribution is 5.79. The van der Waals surface area contributed by atoms with Gasteiger partial charge < -0.3 is 5.32 Å². The summed E-state index contributed by atoms with van der Waals surface area (Å²) in [7, 11) is 0. The molecule has 0 spiro atoms. The Hall–Kier alpha value is -2.95. The van der Waals surface area contributed by atoms with Crippen molar-refractivity contribution < 1.29 is 4.79 Å².